The zero-order valence-corrected chi connectivity index (χ0v) is 19.9. The smallest absolute Gasteiger partial charge is 0.324 e. The van der Waals surface area contributed by atoms with Crippen molar-refractivity contribution in [2.75, 3.05) is 16.0 Å². The van der Waals surface area contributed by atoms with Gasteiger partial charge in [-0.05, 0) is 48.7 Å². The maximum atomic E-state index is 12.4. The molecule has 0 atom stereocenters. The summed E-state index contributed by atoms with van der Waals surface area (Å²) in [6.07, 6.45) is 1.25. The van der Waals surface area contributed by atoms with E-state index in [1.54, 1.807) is 31.2 Å². The molecule has 10 nitrogen and oxygen atoms in total. The highest BCUT2D eigenvalue weighted by Crippen LogP contribution is 2.31. The minimum absolute atomic E-state index is 0.0413. The number of amides is 3. The number of halogens is 1. The summed E-state index contributed by atoms with van der Waals surface area (Å²) >= 11 is 6.36. The predicted octanol–water partition coefficient (Wildman–Crippen LogP) is 6.24. The Morgan fingerprint density at radius 3 is 2.34 bits per heavy atom. The topological polar surface area (TPSA) is 130 Å². The van der Waals surface area contributed by atoms with E-state index < -0.39 is 11.9 Å². The molecule has 178 valence electrons. The van der Waals surface area contributed by atoms with Crippen molar-refractivity contribution in [3.63, 3.8) is 0 Å². The van der Waals surface area contributed by atoms with Crippen molar-refractivity contribution in [1.29, 1.82) is 0 Å². The minimum atomic E-state index is -0.451. The lowest BCUT2D eigenvalue weighted by atomic mass is 10.0. The van der Waals surface area contributed by atoms with E-state index in [1.165, 1.54) is 11.6 Å². The number of azo groups is 1. The standard InChI is InChI=1S/C24H22ClN7O3/c1-13(2)15-4-6-16(7-5-15)27-23(34)28-17-8-9-19(18(25)11-17)35-24-26-14(3)10-20(30-24)29-21-12-22(33)32-31-21/h4-13H,1-3H3,(H,26,29,30)(H2,27,28,34). The molecular formula is C24H22ClN7O3. The zero-order chi connectivity index (χ0) is 24.9. The lowest BCUT2D eigenvalue weighted by molar-refractivity contribution is -0.113. The number of carbonyl (C=O) groups is 2. The molecule has 1 aliphatic rings. The van der Waals surface area contributed by atoms with Gasteiger partial charge in [0.25, 0.3) is 5.91 Å². The van der Waals surface area contributed by atoms with E-state index in [0.717, 1.165) is 0 Å². The second-order valence-corrected chi connectivity index (χ2v) is 8.38. The fourth-order valence-electron chi connectivity index (χ4n) is 3.13. The molecule has 0 spiro atoms. The molecule has 1 aliphatic heterocycles. The largest absolute Gasteiger partial charge is 0.423 e. The Morgan fingerprint density at radius 2 is 1.69 bits per heavy atom. The van der Waals surface area contributed by atoms with Gasteiger partial charge < -0.3 is 20.7 Å². The second kappa shape index (κ2) is 10.3. The van der Waals surface area contributed by atoms with Crippen LogP contribution in [0.2, 0.25) is 5.02 Å². The number of rotatable bonds is 7. The number of nitrogens with zero attached hydrogens (tertiary/aromatic N) is 4. The van der Waals surface area contributed by atoms with Gasteiger partial charge in [-0.2, -0.15) is 4.98 Å². The maximum Gasteiger partial charge on any atom is 0.324 e. The lowest BCUT2D eigenvalue weighted by Crippen LogP contribution is -2.19. The number of urea groups is 1. The summed E-state index contributed by atoms with van der Waals surface area (Å²) in [7, 11) is 0. The minimum Gasteiger partial charge on any atom is -0.423 e. The van der Waals surface area contributed by atoms with Crippen LogP contribution in [0.15, 0.2) is 70.7 Å². The van der Waals surface area contributed by atoms with Gasteiger partial charge in [-0.3, -0.25) is 4.79 Å². The summed E-state index contributed by atoms with van der Waals surface area (Å²) in [6, 6.07) is 13.8. The van der Waals surface area contributed by atoms with Crippen LogP contribution in [-0.4, -0.2) is 21.9 Å². The first-order chi connectivity index (χ1) is 16.7. The third kappa shape index (κ3) is 6.39. The SMILES string of the molecule is Cc1cc(NC2=CC(=O)N=N2)nc(Oc2ccc(NC(=O)Nc3ccc(C(C)C)cc3)cc2Cl)n1. The van der Waals surface area contributed by atoms with Crippen LogP contribution >= 0.6 is 11.6 Å². The van der Waals surface area contributed by atoms with Gasteiger partial charge in [0, 0.05) is 23.1 Å². The van der Waals surface area contributed by atoms with Gasteiger partial charge in [-0.1, -0.05) is 37.6 Å². The van der Waals surface area contributed by atoms with Gasteiger partial charge >= 0.3 is 12.0 Å². The van der Waals surface area contributed by atoms with Crippen LogP contribution in [0.5, 0.6) is 11.8 Å². The van der Waals surface area contributed by atoms with Gasteiger partial charge in [0.15, 0.2) is 5.82 Å². The van der Waals surface area contributed by atoms with Crippen LogP contribution in [0.25, 0.3) is 0 Å². The Hall–Kier alpha value is -4.31. The summed E-state index contributed by atoms with van der Waals surface area (Å²) in [5.74, 6) is 0.901. The van der Waals surface area contributed by atoms with E-state index in [1.807, 2.05) is 24.3 Å². The van der Waals surface area contributed by atoms with E-state index in [0.29, 0.717) is 34.6 Å². The van der Waals surface area contributed by atoms with E-state index in [9.17, 15) is 9.59 Å². The van der Waals surface area contributed by atoms with Crippen LogP contribution in [0.3, 0.4) is 0 Å². The average molecular weight is 492 g/mol. The molecule has 11 heteroatoms. The Kier molecular flexibility index (Phi) is 7.02. The third-order valence-corrected chi connectivity index (χ3v) is 5.13. The average Bonchev–Trinajstić information content (AvgIpc) is 3.20. The van der Waals surface area contributed by atoms with Crippen molar-refractivity contribution in [3.8, 4) is 11.8 Å². The normalized spacial score (nSPS) is 12.5. The van der Waals surface area contributed by atoms with E-state index in [-0.39, 0.29) is 16.9 Å². The summed E-state index contributed by atoms with van der Waals surface area (Å²) in [6.45, 7) is 5.98. The number of ether oxygens (including phenoxy) is 1. The van der Waals surface area contributed by atoms with Crippen molar-refractivity contribution in [1.82, 2.24) is 9.97 Å². The first-order valence-electron chi connectivity index (χ1n) is 10.7. The number of aryl methyl sites for hydroxylation is 1. The number of nitrogens with one attached hydrogen (secondary N) is 3. The summed E-state index contributed by atoms with van der Waals surface area (Å²) in [5.41, 5.74) is 2.97. The molecule has 3 amide bonds. The van der Waals surface area contributed by atoms with Crippen LogP contribution in [0.4, 0.5) is 22.0 Å². The number of aromatic nitrogens is 2. The van der Waals surface area contributed by atoms with Crippen molar-refractivity contribution < 1.29 is 14.3 Å². The summed E-state index contributed by atoms with van der Waals surface area (Å²) < 4.78 is 5.74. The number of carbonyl (C=O) groups excluding carboxylic acids is 2. The summed E-state index contributed by atoms with van der Waals surface area (Å²) in [4.78, 5) is 32.1. The van der Waals surface area contributed by atoms with Crippen LogP contribution in [0.1, 0.15) is 31.0 Å². The number of hydrogen-bond donors (Lipinski definition) is 3. The Bertz CT molecular complexity index is 1340. The van der Waals surface area contributed by atoms with Crippen molar-refractivity contribution in [2.45, 2.75) is 26.7 Å². The van der Waals surface area contributed by atoms with E-state index in [2.05, 4.69) is 50.0 Å². The molecule has 3 aromatic rings. The van der Waals surface area contributed by atoms with Crippen LogP contribution < -0.4 is 20.7 Å². The Morgan fingerprint density at radius 1 is 0.971 bits per heavy atom. The fourth-order valence-corrected chi connectivity index (χ4v) is 3.34. The molecule has 4 rings (SSSR count). The quantitative estimate of drug-likeness (QED) is 0.358. The molecule has 1 aromatic heterocycles. The highest BCUT2D eigenvalue weighted by Gasteiger charge is 2.13. The molecule has 0 saturated heterocycles. The van der Waals surface area contributed by atoms with Crippen molar-refractivity contribution in [2.24, 2.45) is 10.2 Å². The van der Waals surface area contributed by atoms with Gasteiger partial charge in [0.1, 0.15) is 11.6 Å². The monoisotopic (exact) mass is 491 g/mol. The van der Waals surface area contributed by atoms with Gasteiger partial charge in [0.05, 0.1) is 11.1 Å². The highest BCUT2D eigenvalue weighted by atomic mass is 35.5. The summed E-state index contributed by atoms with van der Waals surface area (Å²) in [5, 5.41) is 15.8. The van der Waals surface area contributed by atoms with Crippen molar-refractivity contribution in [3.05, 3.63) is 76.7 Å². The molecule has 3 N–H and O–H groups in total. The molecule has 0 bridgehead atoms. The Labute approximate surface area is 206 Å². The van der Waals surface area contributed by atoms with Crippen molar-refractivity contribution >= 4 is 40.7 Å². The molecule has 0 saturated carbocycles. The lowest BCUT2D eigenvalue weighted by Gasteiger charge is -2.12. The first-order valence-corrected chi connectivity index (χ1v) is 11.1. The van der Waals surface area contributed by atoms with E-state index >= 15 is 0 Å². The first kappa shape index (κ1) is 23.8. The van der Waals surface area contributed by atoms with Gasteiger partial charge in [-0.25, -0.2) is 9.78 Å². The molecule has 0 aliphatic carbocycles. The number of anilines is 3. The Balaban J connectivity index is 1.40. The molecule has 35 heavy (non-hydrogen) atoms. The fraction of sp³-hybridized carbons (Fsp3) is 0.167. The molecule has 0 radical (unpaired) electrons. The van der Waals surface area contributed by atoms with Gasteiger partial charge in [-0.15, -0.1) is 10.2 Å². The molecule has 2 heterocycles. The number of benzene rings is 2. The van der Waals surface area contributed by atoms with Crippen LogP contribution in [-0.2, 0) is 4.79 Å². The van der Waals surface area contributed by atoms with Gasteiger partial charge in [0.2, 0.25) is 0 Å². The highest BCUT2D eigenvalue weighted by molar-refractivity contribution is 6.32. The second-order valence-electron chi connectivity index (χ2n) is 7.97. The molecule has 2 aromatic carbocycles. The molecule has 0 fully saturated rings. The maximum absolute atomic E-state index is 12.4. The zero-order valence-electron chi connectivity index (χ0n) is 19.2. The molecular weight excluding hydrogens is 470 g/mol. The number of hydrogen-bond acceptors (Lipinski definition) is 7. The predicted molar refractivity (Wildman–Crippen MR) is 133 cm³/mol. The molecule has 0 unspecified atom stereocenters. The third-order valence-electron chi connectivity index (χ3n) is 4.83. The van der Waals surface area contributed by atoms with Crippen LogP contribution in [0, 0.1) is 6.92 Å². The van der Waals surface area contributed by atoms with E-state index in [4.69, 9.17) is 16.3 Å².